The van der Waals surface area contributed by atoms with Crippen LogP contribution < -0.4 is 10.5 Å². The Hall–Kier alpha value is -2.49. The first-order valence-electron chi connectivity index (χ1n) is 6.91. The zero-order valence-electron chi connectivity index (χ0n) is 12.2. The van der Waals surface area contributed by atoms with E-state index < -0.39 is 0 Å². The van der Waals surface area contributed by atoms with Gasteiger partial charge >= 0.3 is 0 Å². The molecule has 2 aromatic rings. The van der Waals surface area contributed by atoms with Gasteiger partial charge in [0.25, 0.3) is 5.91 Å². The van der Waals surface area contributed by atoms with Gasteiger partial charge in [-0.05, 0) is 36.2 Å². The predicted molar refractivity (Wildman–Crippen MR) is 84.1 cm³/mol. The number of benzene rings is 2. The van der Waals surface area contributed by atoms with Gasteiger partial charge in [-0.2, -0.15) is 0 Å². The average molecular weight is 284 g/mol. The van der Waals surface area contributed by atoms with E-state index in [-0.39, 0.29) is 12.5 Å². The Kier molecular flexibility index (Phi) is 5.21. The van der Waals surface area contributed by atoms with Crippen LogP contribution in [0, 0.1) is 0 Å². The second-order valence-electron chi connectivity index (χ2n) is 4.91. The van der Waals surface area contributed by atoms with E-state index in [4.69, 9.17) is 10.5 Å². The van der Waals surface area contributed by atoms with Gasteiger partial charge < -0.3 is 15.4 Å². The quantitative estimate of drug-likeness (QED) is 0.828. The molecule has 0 aliphatic carbocycles. The van der Waals surface area contributed by atoms with Crippen molar-refractivity contribution >= 4 is 11.6 Å². The van der Waals surface area contributed by atoms with Crippen molar-refractivity contribution in [3.05, 3.63) is 60.2 Å². The third kappa shape index (κ3) is 4.84. The number of ether oxygens (including phenoxy) is 1. The number of nitrogens with zero attached hydrogens (tertiary/aromatic N) is 1. The monoisotopic (exact) mass is 284 g/mol. The number of carbonyl (C=O) groups is 1. The highest BCUT2D eigenvalue weighted by Crippen LogP contribution is 2.13. The van der Waals surface area contributed by atoms with Crippen LogP contribution in [-0.4, -0.2) is 31.0 Å². The van der Waals surface area contributed by atoms with E-state index in [9.17, 15) is 4.79 Å². The molecule has 0 atom stereocenters. The summed E-state index contributed by atoms with van der Waals surface area (Å²) < 4.78 is 5.45. The molecule has 0 aliphatic heterocycles. The van der Waals surface area contributed by atoms with Crippen LogP contribution in [0.4, 0.5) is 5.69 Å². The van der Waals surface area contributed by atoms with Crippen molar-refractivity contribution in [1.29, 1.82) is 0 Å². The summed E-state index contributed by atoms with van der Waals surface area (Å²) in [5.74, 6) is 0.608. The Bertz CT molecular complexity index is 567. The second-order valence-corrected chi connectivity index (χ2v) is 4.91. The summed E-state index contributed by atoms with van der Waals surface area (Å²) in [6.07, 6.45) is 0.838. The standard InChI is InChI=1S/C17H20N2O2/c1-19(12-11-14-5-3-2-4-6-14)17(20)13-21-16-9-7-15(18)8-10-16/h2-10H,11-13,18H2,1H3. The van der Waals surface area contributed by atoms with Gasteiger partial charge in [0.15, 0.2) is 6.61 Å². The topological polar surface area (TPSA) is 55.6 Å². The summed E-state index contributed by atoms with van der Waals surface area (Å²) in [5, 5.41) is 0. The molecule has 0 bridgehead atoms. The van der Waals surface area contributed by atoms with E-state index in [1.807, 2.05) is 18.2 Å². The van der Waals surface area contributed by atoms with Crippen LogP contribution in [0.5, 0.6) is 5.75 Å². The SMILES string of the molecule is CN(CCc1ccccc1)C(=O)COc1ccc(N)cc1. The smallest absolute Gasteiger partial charge is 0.260 e. The van der Waals surface area contributed by atoms with Gasteiger partial charge in [-0.3, -0.25) is 4.79 Å². The summed E-state index contributed by atoms with van der Waals surface area (Å²) in [6.45, 7) is 0.711. The highest BCUT2D eigenvalue weighted by Gasteiger charge is 2.09. The lowest BCUT2D eigenvalue weighted by atomic mass is 10.1. The zero-order valence-corrected chi connectivity index (χ0v) is 12.2. The van der Waals surface area contributed by atoms with Crippen LogP contribution in [0.1, 0.15) is 5.56 Å². The molecule has 2 aromatic carbocycles. The largest absolute Gasteiger partial charge is 0.484 e. The Labute approximate surface area is 125 Å². The molecule has 2 N–H and O–H groups in total. The second kappa shape index (κ2) is 7.33. The fourth-order valence-corrected chi connectivity index (χ4v) is 1.89. The number of carbonyl (C=O) groups excluding carboxylic acids is 1. The maximum atomic E-state index is 12.0. The summed E-state index contributed by atoms with van der Waals surface area (Å²) >= 11 is 0. The first-order valence-corrected chi connectivity index (χ1v) is 6.91. The summed E-state index contributed by atoms with van der Waals surface area (Å²) in [5.41, 5.74) is 7.49. The molecule has 4 nitrogen and oxygen atoms in total. The van der Waals surface area contributed by atoms with Crippen molar-refractivity contribution in [1.82, 2.24) is 4.90 Å². The van der Waals surface area contributed by atoms with E-state index in [0.717, 1.165) is 6.42 Å². The maximum absolute atomic E-state index is 12.0. The Morgan fingerprint density at radius 1 is 1.10 bits per heavy atom. The van der Waals surface area contributed by atoms with Gasteiger partial charge in [0.1, 0.15) is 5.75 Å². The Morgan fingerprint density at radius 2 is 1.76 bits per heavy atom. The van der Waals surface area contributed by atoms with Crippen molar-refractivity contribution < 1.29 is 9.53 Å². The lowest BCUT2D eigenvalue weighted by molar-refractivity contribution is -0.132. The molecule has 0 aromatic heterocycles. The zero-order chi connectivity index (χ0) is 15.1. The number of likely N-dealkylation sites (N-methyl/N-ethyl adjacent to an activating group) is 1. The average Bonchev–Trinajstić information content (AvgIpc) is 2.52. The molecule has 2 rings (SSSR count). The van der Waals surface area contributed by atoms with Crippen LogP contribution in [0.15, 0.2) is 54.6 Å². The van der Waals surface area contributed by atoms with Gasteiger partial charge in [0, 0.05) is 19.3 Å². The molecule has 21 heavy (non-hydrogen) atoms. The molecule has 1 amide bonds. The van der Waals surface area contributed by atoms with Crippen LogP contribution in [0.3, 0.4) is 0 Å². The fraction of sp³-hybridized carbons (Fsp3) is 0.235. The molecule has 4 heteroatoms. The minimum atomic E-state index is -0.0391. The van der Waals surface area contributed by atoms with Crippen molar-refractivity contribution in [3.63, 3.8) is 0 Å². The molecular weight excluding hydrogens is 264 g/mol. The number of nitrogen functional groups attached to an aromatic ring is 1. The maximum Gasteiger partial charge on any atom is 0.260 e. The van der Waals surface area contributed by atoms with E-state index in [1.54, 1.807) is 36.2 Å². The van der Waals surface area contributed by atoms with E-state index >= 15 is 0 Å². The lowest BCUT2D eigenvalue weighted by Crippen LogP contribution is -2.33. The van der Waals surface area contributed by atoms with E-state index in [2.05, 4.69) is 12.1 Å². The number of hydrogen-bond donors (Lipinski definition) is 1. The van der Waals surface area contributed by atoms with Crippen LogP contribution in [-0.2, 0) is 11.2 Å². The molecule has 0 aliphatic rings. The molecule has 0 saturated heterocycles. The van der Waals surface area contributed by atoms with Gasteiger partial charge in [0.2, 0.25) is 0 Å². The van der Waals surface area contributed by atoms with Crippen molar-refractivity contribution in [2.75, 3.05) is 25.9 Å². The number of nitrogens with two attached hydrogens (primary N) is 1. The number of rotatable bonds is 6. The molecule has 0 fully saturated rings. The summed E-state index contributed by atoms with van der Waals surface area (Å²) in [6, 6.07) is 17.1. The van der Waals surface area contributed by atoms with E-state index in [0.29, 0.717) is 18.0 Å². The predicted octanol–water partition coefficient (Wildman–Crippen LogP) is 2.35. The fourth-order valence-electron chi connectivity index (χ4n) is 1.89. The highest BCUT2D eigenvalue weighted by molar-refractivity contribution is 5.77. The molecule has 110 valence electrons. The molecule has 0 radical (unpaired) electrons. The van der Waals surface area contributed by atoms with E-state index in [1.165, 1.54) is 5.56 Å². The van der Waals surface area contributed by atoms with Gasteiger partial charge in [-0.25, -0.2) is 0 Å². The van der Waals surface area contributed by atoms with Gasteiger partial charge in [-0.15, -0.1) is 0 Å². The van der Waals surface area contributed by atoms with Gasteiger partial charge in [0.05, 0.1) is 0 Å². The van der Waals surface area contributed by atoms with Crippen LogP contribution in [0.25, 0.3) is 0 Å². The minimum absolute atomic E-state index is 0.0369. The first kappa shape index (κ1) is 14.9. The molecule has 0 spiro atoms. The number of amides is 1. The Morgan fingerprint density at radius 3 is 2.43 bits per heavy atom. The van der Waals surface area contributed by atoms with Crippen LogP contribution >= 0.6 is 0 Å². The Balaban J connectivity index is 1.76. The minimum Gasteiger partial charge on any atom is -0.484 e. The molecule has 0 heterocycles. The van der Waals surface area contributed by atoms with Crippen molar-refractivity contribution in [2.24, 2.45) is 0 Å². The molecule has 0 saturated carbocycles. The van der Waals surface area contributed by atoms with Crippen molar-refractivity contribution in [2.45, 2.75) is 6.42 Å². The lowest BCUT2D eigenvalue weighted by Gasteiger charge is -2.17. The van der Waals surface area contributed by atoms with Gasteiger partial charge in [-0.1, -0.05) is 30.3 Å². The number of anilines is 1. The highest BCUT2D eigenvalue weighted by atomic mass is 16.5. The summed E-state index contributed by atoms with van der Waals surface area (Å²) in [4.78, 5) is 13.7. The van der Waals surface area contributed by atoms with Crippen molar-refractivity contribution in [3.8, 4) is 5.75 Å². The molecule has 0 unspecified atom stereocenters. The molecular formula is C17H20N2O2. The third-order valence-corrected chi connectivity index (χ3v) is 3.25. The third-order valence-electron chi connectivity index (χ3n) is 3.25. The number of hydrogen-bond acceptors (Lipinski definition) is 3. The summed E-state index contributed by atoms with van der Waals surface area (Å²) in [7, 11) is 1.79. The first-order chi connectivity index (χ1) is 10.1. The van der Waals surface area contributed by atoms with Crippen LogP contribution in [0.2, 0.25) is 0 Å². The normalized spacial score (nSPS) is 10.1.